The predicted octanol–water partition coefficient (Wildman–Crippen LogP) is 2.09. The first-order valence-electron chi connectivity index (χ1n) is 5.43. The van der Waals surface area contributed by atoms with Gasteiger partial charge in [-0.3, -0.25) is 0 Å². The molecule has 0 aromatic carbocycles. The second-order valence-corrected chi connectivity index (χ2v) is 3.88. The van der Waals surface area contributed by atoms with Crippen LogP contribution in [0.5, 0.6) is 0 Å². The summed E-state index contributed by atoms with van der Waals surface area (Å²) in [4.78, 5) is 4.27. The lowest BCUT2D eigenvalue weighted by atomic mass is 10.1. The second kappa shape index (κ2) is 5.81. The minimum Gasteiger partial charge on any atom is -0.337 e. The lowest BCUT2D eigenvalue weighted by Crippen LogP contribution is -2.26. The van der Waals surface area contributed by atoms with Crippen molar-refractivity contribution in [1.82, 2.24) is 14.9 Å². The van der Waals surface area contributed by atoms with Crippen LogP contribution in [0.2, 0.25) is 0 Å². The van der Waals surface area contributed by atoms with Gasteiger partial charge >= 0.3 is 0 Å². The number of hydrogen-bond acceptors (Lipinski definition) is 2. The third-order valence-corrected chi connectivity index (χ3v) is 2.52. The molecule has 1 unspecified atom stereocenters. The molecule has 0 saturated heterocycles. The fraction of sp³-hybridized carbons (Fsp3) is 0.727. The molecule has 1 aromatic rings. The van der Waals surface area contributed by atoms with E-state index in [1.54, 1.807) is 0 Å². The Hall–Kier alpha value is -0.830. The summed E-state index contributed by atoms with van der Waals surface area (Å²) in [6.07, 6.45) is 7.64. The zero-order valence-electron chi connectivity index (χ0n) is 9.45. The van der Waals surface area contributed by atoms with Crippen molar-refractivity contribution in [2.45, 2.75) is 45.7 Å². The van der Waals surface area contributed by atoms with Gasteiger partial charge in [0.25, 0.3) is 0 Å². The molecule has 0 fully saturated rings. The van der Waals surface area contributed by atoms with Crippen molar-refractivity contribution in [2.75, 3.05) is 0 Å². The van der Waals surface area contributed by atoms with Crippen LogP contribution in [-0.4, -0.2) is 15.6 Å². The molecule has 0 spiro atoms. The Morgan fingerprint density at radius 1 is 1.57 bits per heavy atom. The van der Waals surface area contributed by atoms with Crippen LogP contribution >= 0.6 is 0 Å². The van der Waals surface area contributed by atoms with Crippen LogP contribution in [0.3, 0.4) is 0 Å². The third-order valence-electron chi connectivity index (χ3n) is 2.52. The smallest absolute Gasteiger partial charge is 0.122 e. The maximum absolute atomic E-state index is 4.27. The molecule has 14 heavy (non-hydrogen) atoms. The van der Waals surface area contributed by atoms with Crippen LogP contribution in [0.1, 0.15) is 38.9 Å². The van der Waals surface area contributed by atoms with Crippen molar-refractivity contribution in [3.05, 3.63) is 18.2 Å². The van der Waals surface area contributed by atoms with Gasteiger partial charge in [-0.2, -0.15) is 0 Å². The number of rotatable bonds is 6. The molecule has 1 atom stereocenters. The van der Waals surface area contributed by atoms with Crippen LogP contribution in [0.4, 0.5) is 0 Å². The monoisotopic (exact) mass is 195 g/mol. The fourth-order valence-electron chi connectivity index (χ4n) is 1.44. The molecule has 1 rings (SSSR count). The van der Waals surface area contributed by atoms with Crippen LogP contribution in [-0.2, 0) is 13.6 Å². The molecule has 0 radical (unpaired) electrons. The van der Waals surface area contributed by atoms with E-state index in [4.69, 9.17) is 0 Å². The lowest BCUT2D eigenvalue weighted by Gasteiger charge is -2.12. The summed E-state index contributed by atoms with van der Waals surface area (Å²) in [6, 6.07) is 0.589. The summed E-state index contributed by atoms with van der Waals surface area (Å²) < 4.78 is 2.06. The third kappa shape index (κ3) is 3.50. The summed E-state index contributed by atoms with van der Waals surface area (Å²) in [6.45, 7) is 5.33. The van der Waals surface area contributed by atoms with Gasteiger partial charge in [0.15, 0.2) is 0 Å². The van der Waals surface area contributed by atoms with Crippen LogP contribution in [0, 0.1) is 0 Å². The zero-order chi connectivity index (χ0) is 10.4. The molecule has 3 nitrogen and oxygen atoms in total. The van der Waals surface area contributed by atoms with Crippen molar-refractivity contribution in [2.24, 2.45) is 7.05 Å². The van der Waals surface area contributed by atoms with Crippen LogP contribution in [0.25, 0.3) is 0 Å². The van der Waals surface area contributed by atoms with E-state index >= 15 is 0 Å². The molecular weight excluding hydrogens is 174 g/mol. The van der Waals surface area contributed by atoms with E-state index in [9.17, 15) is 0 Å². The number of aromatic nitrogens is 2. The standard InChI is InChI=1S/C11H21N3/c1-4-5-6-10(2)13-9-11-12-7-8-14(11)3/h7-8,10,13H,4-6,9H2,1-3H3. The highest BCUT2D eigenvalue weighted by Gasteiger charge is 2.02. The highest BCUT2D eigenvalue weighted by atomic mass is 15.1. The molecule has 80 valence electrons. The Balaban J connectivity index is 2.23. The van der Waals surface area contributed by atoms with E-state index in [0.717, 1.165) is 12.4 Å². The Bertz CT molecular complexity index is 255. The Morgan fingerprint density at radius 3 is 2.93 bits per heavy atom. The van der Waals surface area contributed by atoms with E-state index in [1.165, 1.54) is 19.3 Å². The van der Waals surface area contributed by atoms with Crippen molar-refractivity contribution in [3.8, 4) is 0 Å². The normalized spacial score (nSPS) is 13.1. The summed E-state index contributed by atoms with van der Waals surface area (Å²) in [7, 11) is 2.03. The van der Waals surface area contributed by atoms with E-state index < -0.39 is 0 Å². The maximum Gasteiger partial charge on any atom is 0.122 e. The number of nitrogens with one attached hydrogen (secondary N) is 1. The maximum atomic E-state index is 4.27. The summed E-state index contributed by atoms with van der Waals surface area (Å²) in [5.41, 5.74) is 0. The van der Waals surface area contributed by atoms with Crippen molar-refractivity contribution >= 4 is 0 Å². The van der Waals surface area contributed by atoms with Crippen molar-refractivity contribution < 1.29 is 0 Å². The largest absolute Gasteiger partial charge is 0.337 e. The Kier molecular flexibility index (Phi) is 4.66. The topological polar surface area (TPSA) is 29.9 Å². The van der Waals surface area contributed by atoms with E-state index in [1.807, 2.05) is 19.4 Å². The predicted molar refractivity (Wildman–Crippen MR) is 59.0 cm³/mol. The molecule has 1 N–H and O–H groups in total. The first-order chi connectivity index (χ1) is 6.74. The van der Waals surface area contributed by atoms with Gasteiger partial charge in [-0.1, -0.05) is 19.8 Å². The minimum absolute atomic E-state index is 0.589. The number of nitrogens with zero attached hydrogens (tertiary/aromatic N) is 2. The van der Waals surface area contributed by atoms with Gasteiger partial charge in [0.1, 0.15) is 5.82 Å². The summed E-state index contributed by atoms with van der Waals surface area (Å²) >= 11 is 0. The molecule has 0 aliphatic rings. The molecule has 0 saturated carbocycles. The van der Waals surface area contributed by atoms with Gasteiger partial charge in [0, 0.05) is 25.5 Å². The number of imidazole rings is 1. The summed E-state index contributed by atoms with van der Waals surface area (Å²) in [5, 5.41) is 3.48. The van der Waals surface area contributed by atoms with E-state index in [-0.39, 0.29) is 0 Å². The van der Waals surface area contributed by atoms with Gasteiger partial charge in [0.05, 0.1) is 6.54 Å². The van der Waals surface area contributed by atoms with Crippen molar-refractivity contribution in [3.63, 3.8) is 0 Å². The number of unbranched alkanes of at least 4 members (excludes halogenated alkanes) is 1. The first-order valence-corrected chi connectivity index (χ1v) is 5.43. The van der Waals surface area contributed by atoms with Crippen LogP contribution in [0.15, 0.2) is 12.4 Å². The number of aryl methyl sites for hydroxylation is 1. The highest BCUT2D eigenvalue weighted by molar-refractivity contribution is 4.90. The van der Waals surface area contributed by atoms with Gasteiger partial charge in [-0.25, -0.2) is 4.98 Å². The molecule has 3 heteroatoms. The quantitative estimate of drug-likeness (QED) is 0.753. The number of hydrogen-bond donors (Lipinski definition) is 1. The van der Waals surface area contributed by atoms with Gasteiger partial charge in [-0.15, -0.1) is 0 Å². The van der Waals surface area contributed by atoms with Crippen molar-refractivity contribution in [1.29, 1.82) is 0 Å². The second-order valence-electron chi connectivity index (χ2n) is 3.88. The molecular formula is C11H21N3. The SMILES string of the molecule is CCCCC(C)NCc1nccn1C. The Labute approximate surface area is 86.5 Å². The zero-order valence-corrected chi connectivity index (χ0v) is 9.45. The van der Waals surface area contributed by atoms with Gasteiger partial charge in [0.2, 0.25) is 0 Å². The van der Waals surface area contributed by atoms with E-state index in [0.29, 0.717) is 6.04 Å². The van der Waals surface area contributed by atoms with E-state index in [2.05, 4.69) is 28.7 Å². The van der Waals surface area contributed by atoms with Crippen LogP contribution < -0.4 is 5.32 Å². The molecule has 0 amide bonds. The molecule has 0 aliphatic carbocycles. The lowest BCUT2D eigenvalue weighted by molar-refractivity contribution is 0.482. The van der Waals surface area contributed by atoms with Gasteiger partial charge in [-0.05, 0) is 13.3 Å². The average molecular weight is 195 g/mol. The fourth-order valence-corrected chi connectivity index (χ4v) is 1.44. The highest BCUT2D eigenvalue weighted by Crippen LogP contribution is 2.01. The molecule has 1 heterocycles. The average Bonchev–Trinajstić information content (AvgIpc) is 2.58. The first kappa shape index (κ1) is 11.2. The molecule has 0 bridgehead atoms. The Morgan fingerprint density at radius 2 is 2.36 bits per heavy atom. The molecule has 1 aromatic heterocycles. The minimum atomic E-state index is 0.589. The van der Waals surface area contributed by atoms with Gasteiger partial charge < -0.3 is 9.88 Å². The molecule has 0 aliphatic heterocycles. The summed E-state index contributed by atoms with van der Waals surface area (Å²) in [5.74, 6) is 1.10.